The van der Waals surface area contributed by atoms with E-state index >= 15 is 0 Å². The molecule has 0 spiro atoms. The molecule has 1 N–H and O–H groups in total. The van der Waals surface area contributed by atoms with E-state index < -0.39 is 0 Å². The lowest BCUT2D eigenvalue weighted by Gasteiger charge is -2.26. The molecule has 2 saturated heterocycles. The summed E-state index contributed by atoms with van der Waals surface area (Å²) in [5, 5.41) is 3.37. The largest absolute Gasteiger partial charge is 0.469 e. The molecule has 1 aromatic carbocycles. The van der Waals surface area contributed by atoms with E-state index in [1.807, 2.05) is 0 Å². The average molecular weight is 403 g/mol. The molecular weight excluding hydrogens is 368 g/mol. The molecule has 2 heterocycles. The van der Waals surface area contributed by atoms with Crippen molar-refractivity contribution in [1.29, 1.82) is 0 Å². The first-order chi connectivity index (χ1) is 14.1. The van der Waals surface area contributed by atoms with Crippen LogP contribution in [0.4, 0.5) is 0 Å². The lowest BCUT2D eigenvalue weighted by molar-refractivity contribution is -0.145. The summed E-state index contributed by atoms with van der Waals surface area (Å²) in [6, 6.07) is 8.65. The highest BCUT2D eigenvalue weighted by Gasteiger charge is 2.36. The second kappa shape index (κ2) is 10.6. The van der Waals surface area contributed by atoms with Crippen LogP contribution < -0.4 is 5.32 Å². The second-order valence-electron chi connectivity index (χ2n) is 7.89. The Morgan fingerprint density at radius 2 is 2.03 bits per heavy atom. The molecule has 2 unspecified atom stereocenters. The molecule has 0 bridgehead atoms. The molecule has 0 aromatic heterocycles. The highest BCUT2D eigenvalue weighted by Crippen LogP contribution is 2.24. The lowest BCUT2D eigenvalue weighted by atomic mass is 9.99. The molecule has 3 rings (SSSR count). The number of methoxy groups -OCH3 is 1. The Morgan fingerprint density at radius 3 is 2.76 bits per heavy atom. The van der Waals surface area contributed by atoms with Gasteiger partial charge in [-0.05, 0) is 24.0 Å². The minimum Gasteiger partial charge on any atom is -0.469 e. The second-order valence-corrected chi connectivity index (χ2v) is 7.89. The molecule has 2 aliphatic rings. The van der Waals surface area contributed by atoms with Crippen molar-refractivity contribution in [1.82, 2.24) is 15.1 Å². The molecule has 7 nitrogen and oxygen atoms in total. The predicted octanol–water partition coefficient (Wildman–Crippen LogP) is 1.73. The molecule has 1 aromatic rings. The van der Waals surface area contributed by atoms with Crippen molar-refractivity contribution >= 4 is 11.9 Å². The van der Waals surface area contributed by atoms with Crippen molar-refractivity contribution < 1.29 is 14.3 Å². The summed E-state index contributed by atoms with van der Waals surface area (Å²) in [6.45, 7) is 11.6. The van der Waals surface area contributed by atoms with Gasteiger partial charge in [0.2, 0.25) is 0 Å². The van der Waals surface area contributed by atoms with Gasteiger partial charge in [0.05, 0.1) is 32.8 Å². The molecule has 0 aliphatic carbocycles. The Labute approximate surface area is 174 Å². The molecular formula is C22H34N4O3. The van der Waals surface area contributed by atoms with Gasteiger partial charge in [0.1, 0.15) is 0 Å². The van der Waals surface area contributed by atoms with Gasteiger partial charge in [0, 0.05) is 39.3 Å². The normalized spacial score (nSPS) is 23.3. The number of esters is 1. The number of rotatable bonds is 6. The standard InChI is InChI=1S/C22H34N4O3/c1-4-23-22(26-14-17(2)20(16-26)21(27)28-3)24-13-18-6-5-7-19(12-18)15-25-8-10-29-11-9-25/h5-7,12,17,20H,4,8-11,13-16H2,1-3H3,(H,23,24). The third-order valence-electron chi connectivity index (χ3n) is 5.66. The minimum absolute atomic E-state index is 0.0966. The van der Waals surface area contributed by atoms with E-state index in [-0.39, 0.29) is 17.8 Å². The molecule has 160 valence electrons. The van der Waals surface area contributed by atoms with Crippen LogP contribution in [0.1, 0.15) is 25.0 Å². The van der Waals surface area contributed by atoms with Gasteiger partial charge in [-0.25, -0.2) is 4.99 Å². The maximum absolute atomic E-state index is 12.0. The van der Waals surface area contributed by atoms with Crippen molar-refractivity contribution in [2.75, 3.05) is 53.0 Å². The summed E-state index contributed by atoms with van der Waals surface area (Å²) in [5.74, 6) is 0.889. The maximum Gasteiger partial charge on any atom is 0.310 e. The summed E-state index contributed by atoms with van der Waals surface area (Å²) < 4.78 is 10.4. The van der Waals surface area contributed by atoms with E-state index in [2.05, 4.69) is 53.2 Å². The fourth-order valence-electron chi connectivity index (χ4n) is 4.03. The Hall–Kier alpha value is -2.12. The topological polar surface area (TPSA) is 66.4 Å². The number of hydrogen-bond donors (Lipinski definition) is 1. The van der Waals surface area contributed by atoms with Crippen LogP contribution in [0.5, 0.6) is 0 Å². The smallest absolute Gasteiger partial charge is 0.310 e. The van der Waals surface area contributed by atoms with E-state index in [9.17, 15) is 4.79 Å². The fraction of sp³-hybridized carbons (Fsp3) is 0.636. The van der Waals surface area contributed by atoms with Gasteiger partial charge in [0.25, 0.3) is 0 Å². The summed E-state index contributed by atoms with van der Waals surface area (Å²) in [5.41, 5.74) is 2.51. The maximum atomic E-state index is 12.0. The first-order valence-corrected chi connectivity index (χ1v) is 10.6. The van der Waals surface area contributed by atoms with E-state index in [4.69, 9.17) is 14.5 Å². The average Bonchev–Trinajstić information content (AvgIpc) is 3.13. The van der Waals surface area contributed by atoms with Crippen LogP contribution in [-0.4, -0.2) is 74.8 Å². The SMILES string of the molecule is CCNC(=NCc1cccc(CN2CCOCC2)c1)N1CC(C)C(C(=O)OC)C1. The first-order valence-electron chi connectivity index (χ1n) is 10.6. The number of morpholine rings is 1. The highest BCUT2D eigenvalue weighted by molar-refractivity contribution is 5.82. The molecule has 2 fully saturated rings. The molecule has 0 radical (unpaired) electrons. The molecule has 7 heteroatoms. The number of likely N-dealkylation sites (tertiary alicyclic amines) is 1. The van der Waals surface area contributed by atoms with Gasteiger partial charge < -0.3 is 19.7 Å². The van der Waals surface area contributed by atoms with Crippen LogP contribution in [0.2, 0.25) is 0 Å². The number of aliphatic imine (C=N–C) groups is 1. The molecule has 2 atom stereocenters. The number of carbonyl (C=O) groups excluding carboxylic acids is 1. The third kappa shape index (κ3) is 5.93. The van der Waals surface area contributed by atoms with Crippen molar-refractivity contribution in [3.05, 3.63) is 35.4 Å². The fourth-order valence-corrected chi connectivity index (χ4v) is 4.03. The molecule has 0 saturated carbocycles. The van der Waals surface area contributed by atoms with Gasteiger partial charge in [-0.15, -0.1) is 0 Å². The van der Waals surface area contributed by atoms with Gasteiger partial charge in [-0.3, -0.25) is 9.69 Å². The predicted molar refractivity (Wildman–Crippen MR) is 114 cm³/mol. The summed E-state index contributed by atoms with van der Waals surface area (Å²) in [6.07, 6.45) is 0. The summed E-state index contributed by atoms with van der Waals surface area (Å²) in [4.78, 5) is 21.5. The van der Waals surface area contributed by atoms with Crippen LogP contribution in [0.3, 0.4) is 0 Å². The van der Waals surface area contributed by atoms with E-state index in [1.54, 1.807) is 0 Å². The van der Waals surface area contributed by atoms with Crippen LogP contribution >= 0.6 is 0 Å². The summed E-state index contributed by atoms with van der Waals surface area (Å²) >= 11 is 0. The first kappa shape index (κ1) is 21.6. The lowest BCUT2D eigenvalue weighted by Crippen LogP contribution is -2.40. The number of benzene rings is 1. The van der Waals surface area contributed by atoms with Gasteiger partial charge in [0.15, 0.2) is 5.96 Å². The monoisotopic (exact) mass is 402 g/mol. The molecule has 29 heavy (non-hydrogen) atoms. The Bertz CT molecular complexity index is 703. The number of ether oxygens (including phenoxy) is 2. The Kier molecular flexibility index (Phi) is 7.89. The highest BCUT2D eigenvalue weighted by atomic mass is 16.5. The molecule has 0 amide bonds. The zero-order valence-corrected chi connectivity index (χ0v) is 17.9. The van der Waals surface area contributed by atoms with Crippen molar-refractivity contribution in [2.45, 2.75) is 26.9 Å². The number of carbonyl (C=O) groups is 1. The number of nitrogens with zero attached hydrogens (tertiary/aromatic N) is 3. The van der Waals surface area contributed by atoms with Gasteiger partial charge >= 0.3 is 5.97 Å². The number of guanidine groups is 1. The summed E-state index contributed by atoms with van der Waals surface area (Å²) in [7, 11) is 1.46. The van der Waals surface area contributed by atoms with Crippen LogP contribution in [0.15, 0.2) is 29.3 Å². The quantitative estimate of drug-likeness (QED) is 0.444. The van der Waals surface area contributed by atoms with E-state index in [1.165, 1.54) is 18.2 Å². The van der Waals surface area contributed by atoms with E-state index in [0.717, 1.165) is 51.9 Å². The van der Waals surface area contributed by atoms with Crippen molar-refractivity contribution in [2.24, 2.45) is 16.8 Å². The third-order valence-corrected chi connectivity index (χ3v) is 5.66. The van der Waals surface area contributed by atoms with Crippen LogP contribution in [0, 0.1) is 11.8 Å². The van der Waals surface area contributed by atoms with E-state index in [0.29, 0.717) is 13.1 Å². The van der Waals surface area contributed by atoms with Gasteiger partial charge in [-0.2, -0.15) is 0 Å². The Balaban J connectivity index is 1.64. The van der Waals surface area contributed by atoms with Crippen LogP contribution in [-0.2, 0) is 27.4 Å². The van der Waals surface area contributed by atoms with Crippen molar-refractivity contribution in [3.8, 4) is 0 Å². The molecule has 2 aliphatic heterocycles. The zero-order chi connectivity index (χ0) is 20.6. The van der Waals surface area contributed by atoms with Crippen molar-refractivity contribution in [3.63, 3.8) is 0 Å². The Morgan fingerprint density at radius 1 is 1.28 bits per heavy atom. The van der Waals surface area contributed by atoms with Gasteiger partial charge in [-0.1, -0.05) is 31.2 Å². The minimum atomic E-state index is -0.133. The number of nitrogens with one attached hydrogen (secondary N) is 1. The zero-order valence-electron chi connectivity index (χ0n) is 17.9. The van der Waals surface area contributed by atoms with Crippen LogP contribution in [0.25, 0.3) is 0 Å². The number of hydrogen-bond acceptors (Lipinski definition) is 5.